The number of carbonyl (C=O) groups excluding carboxylic acids is 1. The molecule has 1 rings (SSSR count). The molecule has 0 radical (unpaired) electrons. The molecule has 1 heterocycles. The van der Waals surface area contributed by atoms with E-state index in [9.17, 15) is 9.59 Å². The third-order valence-corrected chi connectivity index (χ3v) is 1.74. The Hall–Kier alpha value is -1.77. The molecule has 0 bridgehead atoms. The van der Waals surface area contributed by atoms with Gasteiger partial charge in [0.2, 0.25) is 5.13 Å². The number of aromatic nitrogens is 3. The molecular weight excluding hydrogens is 210 g/mol. The van der Waals surface area contributed by atoms with Gasteiger partial charge in [0.1, 0.15) is 6.54 Å². The molecule has 0 spiro atoms. The van der Waals surface area contributed by atoms with Crippen LogP contribution >= 0.6 is 11.5 Å². The summed E-state index contributed by atoms with van der Waals surface area (Å²) < 4.78 is 3.43. The van der Waals surface area contributed by atoms with E-state index in [0.29, 0.717) is 0 Å². The lowest BCUT2D eigenvalue weighted by atomic mass is 10.6. The number of urea groups is 1. The summed E-state index contributed by atoms with van der Waals surface area (Å²) >= 11 is 0.909. The number of aliphatic carboxylic acids is 1. The Balaban J connectivity index is 2.46. The third kappa shape index (κ3) is 2.94. The first-order valence-electron chi connectivity index (χ1n) is 3.48. The van der Waals surface area contributed by atoms with Crippen molar-refractivity contribution < 1.29 is 14.7 Å². The van der Waals surface area contributed by atoms with Crippen molar-refractivity contribution in [2.24, 2.45) is 0 Å². The minimum atomic E-state index is -1.09. The van der Waals surface area contributed by atoms with Gasteiger partial charge in [-0.05, 0) is 5.21 Å². The number of rotatable bonds is 3. The molecule has 0 saturated heterocycles. The zero-order chi connectivity index (χ0) is 10.6. The normalized spacial score (nSPS) is 9.50. The van der Waals surface area contributed by atoms with Crippen molar-refractivity contribution in [3.8, 4) is 0 Å². The Labute approximate surface area is 82.7 Å². The van der Waals surface area contributed by atoms with Gasteiger partial charge in [0.15, 0.2) is 0 Å². The minimum absolute atomic E-state index is 0.229. The lowest BCUT2D eigenvalue weighted by Gasteiger charge is -2.13. The first kappa shape index (κ1) is 10.3. The molecule has 0 aliphatic heterocycles. The van der Waals surface area contributed by atoms with Gasteiger partial charge in [0.25, 0.3) is 0 Å². The lowest BCUT2D eigenvalue weighted by Crippen LogP contribution is -2.35. The summed E-state index contributed by atoms with van der Waals surface area (Å²) in [5.74, 6) is -1.09. The number of carboxylic acids is 1. The fourth-order valence-electron chi connectivity index (χ4n) is 0.643. The van der Waals surface area contributed by atoms with Gasteiger partial charge >= 0.3 is 12.0 Å². The summed E-state index contributed by atoms with van der Waals surface area (Å²) in [5.41, 5.74) is 0. The number of likely N-dealkylation sites (N-methyl/N-ethyl adjacent to an activating group) is 1. The molecule has 14 heavy (non-hydrogen) atoms. The molecule has 0 aliphatic carbocycles. The van der Waals surface area contributed by atoms with Crippen molar-refractivity contribution in [2.75, 3.05) is 18.9 Å². The molecule has 0 fully saturated rings. The largest absolute Gasteiger partial charge is 0.480 e. The molecule has 8 nitrogen and oxygen atoms in total. The summed E-state index contributed by atoms with van der Waals surface area (Å²) in [6.07, 6.45) is 0. The Morgan fingerprint density at radius 3 is 2.86 bits per heavy atom. The molecule has 0 saturated carbocycles. The van der Waals surface area contributed by atoms with E-state index in [-0.39, 0.29) is 11.7 Å². The third-order valence-electron chi connectivity index (χ3n) is 1.23. The number of carboxylic acid groups (broad SMARTS) is 1. The second-order valence-electron chi connectivity index (χ2n) is 2.35. The van der Waals surface area contributed by atoms with E-state index in [1.54, 1.807) is 0 Å². The highest BCUT2D eigenvalue weighted by atomic mass is 32.1. The molecule has 0 aliphatic rings. The van der Waals surface area contributed by atoms with Gasteiger partial charge in [-0.3, -0.25) is 10.1 Å². The molecule has 1 aromatic heterocycles. The zero-order valence-corrected chi connectivity index (χ0v) is 7.98. The average molecular weight is 217 g/mol. The number of nitrogens with one attached hydrogen (secondary N) is 1. The van der Waals surface area contributed by atoms with E-state index >= 15 is 0 Å². The maximum absolute atomic E-state index is 11.2. The number of anilines is 1. The molecule has 0 atom stereocenters. The van der Waals surface area contributed by atoms with E-state index in [0.717, 1.165) is 16.4 Å². The maximum atomic E-state index is 11.2. The van der Waals surface area contributed by atoms with Gasteiger partial charge in [-0.1, -0.05) is 9.59 Å². The second-order valence-corrected chi connectivity index (χ2v) is 3.08. The van der Waals surface area contributed by atoms with Crippen molar-refractivity contribution in [2.45, 2.75) is 0 Å². The predicted octanol–water partition coefficient (Wildman–Crippen LogP) is -0.519. The van der Waals surface area contributed by atoms with Crippen LogP contribution in [0.1, 0.15) is 0 Å². The number of hydrogen-bond donors (Lipinski definition) is 2. The first-order chi connectivity index (χ1) is 6.59. The van der Waals surface area contributed by atoms with Crippen LogP contribution < -0.4 is 5.32 Å². The Bertz CT molecular complexity index is 326. The van der Waals surface area contributed by atoms with Gasteiger partial charge in [-0.25, -0.2) is 4.79 Å². The van der Waals surface area contributed by atoms with Crippen LogP contribution in [0.15, 0.2) is 0 Å². The Morgan fingerprint density at radius 2 is 2.36 bits per heavy atom. The van der Waals surface area contributed by atoms with Crippen LogP contribution in [0.3, 0.4) is 0 Å². The summed E-state index contributed by atoms with van der Waals surface area (Å²) in [7, 11) is 1.36. The number of amides is 2. The van der Waals surface area contributed by atoms with E-state index in [1.165, 1.54) is 7.05 Å². The lowest BCUT2D eigenvalue weighted by molar-refractivity contribution is -0.137. The topological polar surface area (TPSA) is 108 Å². The molecular formula is C5H7N5O3S. The SMILES string of the molecule is CN(CC(=O)O)C(=O)Nc1nnns1. The zero-order valence-electron chi connectivity index (χ0n) is 7.17. The average Bonchev–Trinajstić information content (AvgIpc) is 2.55. The molecule has 76 valence electrons. The van der Waals surface area contributed by atoms with Crippen molar-refractivity contribution in [1.82, 2.24) is 19.7 Å². The number of hydrogen-bond acceptors (Lipinski definition) is 6. The van der Waals surface area contributed by atoms with Crippen LogP contribution in [0.2, 0.25) is 0 Å². The van der Waals surface area contributed by atoms with Crippen LogP contribution in [0.25, 0.3) is 0 Å². The summed E-state index contributed by atoms with van der Waals surface area (Å²) in [4.78, 5) is 22.5. The number of nitrogens with zero attached hydrogens (tertiary/aromatic N) is 4. The standard InChI is InChI=1S/C5H7N5O3S/c1-10(2-3(11)12)5(13)6-4-7-8-9-14-4/h2H2,1H3,(H,11,12)(H,6,7,9,13). The van der Waals surface area contributed by atoms with Gasteiger partial charge < -0.3 is 10.0 Å². The molecule has 9 heteroatoms. The van der Waals surface area contributed by atoms with Crippen LogP contribution in [0, 0.1) is 0 Å². The monoisotopic (exact) mass is 217 g/mol. The maximum Gasteiger partial charge on any atom is 0.323 e. The van der Waals surface area contributed by atoms with Crippen molar-refractivity contribution >= 4 is 28.7 Å². The van der Waals surface area contributed by atoms with Crippen LogP contribution in [-0.4, -0.2) is 50.4 Å². The molecule has 2 N–H and O–H groups in total. The highest BCUT2D eigenvalue weighted by molar-refractivity contribution is 7.09. The van der Waals surface area contributed by atoms with Crippen molar-refractivity contribution in [3.63, 3.8) is 0 Å². The summed E-state index contributed by atoms with van der Waals surface area (Å²) in [6, 6.07) is -0.564. The van der Waals surface area contributed by atoms with Crippen LogP contribution in [-0.2, 0) is 4.79 Å². The van der Waals surface area contributed by atoms with E-state index in [2.05, 4.69) is 20.1 Å². The molecule has 2 amide bonds. The van der Waals surface area contributed by atoms with E-state index in [1.807, 2.05) is 0 Å². The second kappa shape index (κ2) is 4.46. The van der Waals surface area contributed by atoms with Gasteiger partial charge in [-0.2, -0.15) is 0 Å². The van der Waals surface area contributed by atoms with Crippen LogP contribution in [0.5, 0.6) is 0 Å². The van der Waals surface area contributed by atoms with Gasteiger partial charge in [-0.15, -0.1) is 0 Å². The highest BCUT2D eigenvalue weighted by Gasteiger charge is 2.13. The Kier molecular flexibility index (Phi) is 3.29. The van der Waals surface area contributed by atoms with E-state index in [4.69, 9.17) is 5.11 Å². The summed E-state index contributed by atoms with van der Waals surface area (Å²) in [6.45, 7) is -0.377. The summed E-state index contributed by atoms with van der Waals surface area (Å²) in [5, 5.41) is 17.7. The minimum Gasteiger partial charge on any atom is -0.480 e. The molecule has 1 aromatic rings. The van der Waals surface area contributed by atoms with Gasteiger partial charge in [0.05, 0.1) is 0 Å². The smallest absolute Gasteiger partial charge is 0.323 e. The fourth-order valence-corrected chi connectivity index (χ4v) is 1.000. The fraction of sp³-hybridized carbons (Fsp3) is 0.400. The van der Waals surface area contributed by atoms with Gasteiger partial charge in [0, 0.05) is 18.6 Å². The van der Waals surface area contributed by atoms with E-state index < -0.39 is 12.0 Å². The Morgan fingerprint density at radius 1 is 1.64 bits per heavy atom. The highest BCUT2D eigenvalue weighted by Crippen LogP contribution is 2.05. The predicted molar refractivity (Wildman–Crippen MR) is 47.0 cm³/mol. The quantitative estimate of drug-likeness (QED) is 0.705. The van der Waals surface area contributed by atoms with Crippen molar-refractivity contribution in [1.29, 1.82) is 0 Å². The molecule has 0 aromatic carbocycles. The van der Waals surface area contributed by atoms with Crippen LogP contribution in [0.4, 0.5) is 9.93 Å². The molecule has 0 unspecified atom stereocenters. The number of carbonyl (C=O) groups is 2. The first-order valence-corrected chi connectivity index (χ1v) is 4.26. The van der Waals surface area contributed by atoms with Crippen molar-refractivity contribution in [3.05, 3.63) is 0 Å².